The molecule has 0 aliphatic carbocycles. The van der Waals surface area contributed by atoms with Crippen LogP contribution >= 0.6 is 11.6 Å². The highest BCUT2D eigenvalue weighted by atomic mass is 35.5. The third kappa shape index (κ3) is 2.87. The summed E-state index contributed by atoms with van der Waals surface area (Å²) in [6.45, 7) is 2.98. The van der Waals surface area contributed by atoms with Gasteiger partial charge in [0.05, 0.1) is 11.4 Å². The number of hydrogen-bond donors (Lipinski definition) is 1. The minimum absolute atomic E-state index is 0.758. The summed E-state index contributed by atoms with van der Waals surface area (Å²) in [5.41, 5.74) is 3.29. The Bertz CT molecular complexity index is 505. The Morgan fingerprint density at radius 3 is 2.88 bits per heavy atom. The zero-order chi connectivity index (χ0) is 12.3. The first-order valence-corrected chi connectivity index (χ1v) is 6.04. The first-order chi connectivity index (χ1) is 8.20. The number of hydrogen-bond acceptors (Lipinski definition) is 2. The summed E-state index contributed by atoms with van der Waals surface area (Å²) in [5, 5.41) is 8.42. The molecule has 1 N–H and O–H groups in total. The second-order valence-electron chi connectivity index (χ2n) is 4.04. The van der Waals surface area contributed by atoms with Crippen molar-refractivity contribution in [3.8, 4) is 5.69 Å². The van der Waals surface area contributed by atoms with Crippen LogP contribution in [-0.4, -0.2) is 23.4 Å². The lowest BCUT2D eigenvalue weighted by Crippen LogP contribution is -2.10. The van der Waals surface area contributed by atoms with Crippen LogP contribution in [0.4, 0.5) is 0 Å². The van der Waals surface area contributed by atoms with Crippen molar-refractivity contribution >= 4 is 11.6 Å². The van der Waals surface area contributed by atoms with E-state index in [4.69, 9.17) is 11.6 Å². The van der Waals surface area contributed by atoms with Gasteiger partial charge < -0.3 is 5.32 Å². The normalized spacial score (nSPS) is 10.8. The molecule has 1 heterocycles. The third-order valence-electron chi connectivity index (χ3n) is 2.68. The van der Waals surface area contributed by atoms with Crippen molar-refractivity contribution in [3.05, 3.63) is 46.7 Å². The molecule has 17 heavy (non-hydrogen) atoms. The van der Waals surface area contributed by atoms with E-state index in [2.05, 4.69) is 10.4 Å². The van der Waals surface area contributed by atoms with E-state index < -0.39 is 0 Å². The van der Waals surface area contributed by atoms with E-state index in [-0.39, 0.29) is 0 Å². The molecule has 3 nitrogen and oxygen atoms in total. The average Bonchev–Trinajstić information content (AvgIpc) is 2.75. The number of rotatable bonds is 4. The van der Waals surface area contributed by atoms with E-state index in [1.54, 1.807) is 0 Å². The van der Waals surface area contributed by atoms with Gasteiger partial charge in [0, 0.05) is 24.2 Å². The third-order valence-corrected chi connectivity index (χ3v) is 2.92. The summed E-state index contributed by atoms with van der Waals surface area (Å²) in [7, 11) is 1.94. The molecule has 1 aromatic carbocycles. The van der Waals surface area contributed by atoms with E-state index in [1.807, 2.05) is 49.1 Å². The van der Waals surface area contributed by atoms with Gasteiger partial charge in [-0.25, -0.2) is 4.68 Å². The molecule has 0 saturated heterocycles. The molecular weight excluding hydrogens is 234 g/mol. The van der Waals surface area contributed by atoms with Crippen LogP contribution in [0.1, 0.15) is 11.3 Å². The van der Waals surface area contributed by atoms with Crippen molar-refractivity contribution < 1.29 is 0 Å². The molecule has 0 radical (unpaired) electrons. The van der Waals surface area contributed by atoms with Gasteiger partial charge in [0.25, 0.3) is 0 Å². The van der Waals surface area contributed by atoms with E-state index in [1.165, 1.54) is 0 Å². The zero-order valence-corrected chi connectivity index (χ0v) is 10.8. The first kappa shape index (κ1) is 12.1. The van der Waals surface area contributed by atoms with Crippen molar-refractivity contribution in [2.75, 3.05) is 13.6 Å². The molecule has 0 bridgehead atoms. The smallest absolute Gasteiger partial charge is 0.0675 e. The molecule has 90 valence electrons. The monoisotopic (exact) mass is 249 g/mol. The molecule has 1 aromatic heterocycles. The number of halogens is 1. The van der Waals surface area contributed by atoms with Gasteiger partial charge in [-0.2, -0.15) is 5.10 Å². The van der Waals surface area contributed by atoms with Crippen LogP contribution < -0.4 is 5.32 Å². The summed E-state index contributed by atoms with van der Waals surface area (Å²) in [4.78, 5) is 0. The second kappa shape index (κ2) is 5.34. The van der Waals surface area contributed by atoms with Crippen molar-refractivity contribution in [2.24, 2.45) is 0 Å². The summed E-state index contributed by atoms with van der Waals surface area (Å²) in [5.74, 6) is 0. The van der Waals surface area contributed by atoms with Gasteiger partial charge in [-0.1, -0.05) is 11.6 Å². The van der Waals surface area contributed by atoms with Crippen LogP contribution in [0, 0.1) is 6.92 Å². The lowest BCUT2D eigenvalue weighted by Gasteiger charge is -2.05. The molecule has 2 aromatic rings. The quantitative estimate of drug-likeness (QED) is 0.903. The van der Waals surface area contributed by atoms with Gasteiger partial charge in [0.15, 0.2) is 0 Å². The summed E-state index contributed by atoms with van der Waals surface area (Å²) in [6, 6.07) is 7.88. The zero-order valence-electron chi connectivity index (χ0n) is 10.1. The number of likely N-dealkylation sites (N-methyl/N-ethyl adjacent to an activating group) is 1. The van der Waals surface area contributed by atoms with Crippen molar-refractivity contribution in [2.45, 2.75) is 13.3 Å². The van der Waals surface area contributed by atoms with Gasteiger partial charge in [-0.3, -0.25) is 0 Å². The van der Waals surface area contributed by atoms with Gasteiger partial charge >= 0.3 is 0 Å². The maximum atomic E-state index is 5.94. The van der Waals surface area contributed by atoms with E-state index in [9.17, 15) is 0 Å². The summed E-state index contributed by atoms with van der Waals surface area (Å²) in [6.07, 6.45) is 2.93. The Morgan fingerprint density at radius 2 is 2.18 bits per heavy atom. The molecule has 4 heteroatoms. The fourth-order valence-electron chi connectivity index (χ4n) is 1.76. The Kier molecular flexibility index (Phi) is 3.82. The first-order valence-electron chi connectivity index (χ1n) is 5.66. The SMILES string of the molecule is CNCCc1ccn(-c2ccc(Cl)cc2C)n1. The molecule has 0 saturated carbocycles. The van der Waals surface area contributed by atoms with Gasteiger partial charge in [-0.05, 0) is 43.8 Å². The second-order valence-corrected chi connectivity index (χ2v) is 4.47. The van der Waals surface area contributed by atoms with Crippen LogP contribution in [0.25, 0.3) is 5.69 Å². The standard InChI is InChI=1S/C13H16ClN3/c1-10-9-11(14)3-4-13(10)17-8-6-12(16-17)5-7-15-2/h3-4,6,8-9,15H,5,7H2,1-2H3. The van der Waals surface area contributed by atoms with Crippen LogP contribution in [0.15, 0.2) is 30.5 Å². The molecule has 0 aliphatic rings. The summed E-state index contributed by atoms with van der Waals surface area (Å²) >= 11 is 5.94. The largest absolute Gasteiger partial charge is 0.319 e. The van der Waals surface area contributed by atoms with E-state index >= 15 is 0 Å². The molecule has 0 fully saturated rings. The van der Waals surface area contributed by atoms with Crippen LogP contribution in [0.2, 0.25) is 5.02 Å². The minimum atomic E-state index is 0.758. The highest BCUT2D eigenvalue weighted by Crippen LogP contribution is 2.18. The highest BCUT2D eigenvalue weighted by molar-refractivity contribution is 6.30. The fraction of sp³-hybridized carbons (Fsp3) is 0.308. The van der Waals surface area contributed by atoms with Crippen molar-refractivity contribution in [1.82, 2.24) is 15.1 Å². The maximum Gasteiger partial charge on any atom is 0.0675 e. The Balaban J connectivity index is 2.24. The Morgan fingerprint density at radius 1 is 1.35 bits per heavy atom. The topological polar surface area (TPSA) is 29.9 Å². The van der Waals surface area contributed by atoms with E-state index in [0.717, 1.165) is 34.9 Å². The van der Waals surface area contributed by atoms with Crippen molar-refractivity contribution in [3.63, 3.8) is 0 Å². The fourth-order valence-corrected chi connectivity index (χ4v) is 1.98. The number of benzene rings is 1. The average molecular weight is 250 g/mol. The minimum Gasteiger partial charge on any atom is -0.319 e. The predicted octanol–water partition coefficient (Wildman–Crippen LogP) is 2.60. The van der Waals surface area contributed by atoms with Crippen LogP contribution in [0.5, 0.6) is 0 Å². The molecule has 0 atom stereocenters. The Labute approximate surface area is 106 Å². The molecule has 2 rings (SSSR count). The van der Waals surface area contributed by atoms with Crippen molar-refractivity contribution in [1.29, 1.82) is 0 Å². The lowest BCUT2D eigenvalue weighted by molar-refractivity contribution is 0.754. The lowest BCUT2D eigenvalue weighted by atomic mass is 10.2. The highest BCUT2D eigenvalue weighted by Gasteiger charge is 2.04. The van der Waals surface area contributed by atoms with Gasteiger partial charge in [0.2, 0.25) is 0 Å². The number of nitrogens with one attached hydrogen (secondary N) is 1. The van der Waals surface area contributed by atoms with Crippen LogP contribution in [-0.2, 0) is 6.42 Å². The molecule has 0 spiro atoms. The molecule has 0 amide bonds. The molecule has 0 unspecified atom stereocenters. The van der Waals surface area contributed by atoms with E-state index in [0.29, 0.717) is 0 Å². The summed E-state index contributed by atoms with van der Waals surface area (Å²) < 4.78 is 1.90. The molecular formula is C13H16ClN3. The Hall–Kier alpha value is -1.32. The van der Waals surface area contributed by atoms with Gasteiger partial charge in [0.1, 0.15) is 0 Å². The number of aromatic nitrogens is 2. The maximum absolute atomic E-state index is 5.94. The predicted molar refractivity (Wildman–Crippen MR) is 70.9 cm³/mol. The van der Waals surface area contributed by atoms with Gasteiger partial charge in [-0.15, -0.1) is 0 Å². The number of aryl methyl sites for hydroxylation is 1. The number of nitrogens with zero attached hydrogens (tertiary/aromatic N) is 2. The molecule has 0 aliphatic heterocycles. The van der Waals surface area contributed by atoms with Crippen LogP contribution in [0.3, 0.4) is 0 Å².